The van der Waals surface area contributed by atoms with Gasteiger partial charge in [0.1, 0.15) is 18.4 Å². The lowest BCUT2D eigenvalue weighted by molar-refractivity contribution is -0.124. The fourth-order valence-electron chi connectivity index (χ4n) is 3.69. The van der Waals surface area contributed by atoms with Gasteiger partial charge in [-0.15, -0.1) is 0 Å². The third-order valence-electron chi connectivity index (χ3n) is 5.43. The number of rotatable bonds is 7. The maximum absolute atomic E-state index is 14.4. The van der Waals surface area contributed by atoms with Gasteiger partial charge < -0.3 is 14.2 Å². The summed E-state index contributed by atoms with van der Waals surface area (Å²) in [5.74, 6) is -1.52. The molecule has 2 aromatic carbocycles. The summed E-state index contributed by atoms with van der Waals surface area (Å²) < 4.78 is 36.9. The summed E-state index contributed by atoms with van der Waals surface area (Å²) in [6.07, 6.45) is 1.76. The minimum atomic E-state index is -1.15. The molecule has 1 aromatic heterocycles. The average Bonchev–Trinajstić information content (AvgIpc) is 3.05. The number of β-lactam (4-membered cyclic amide) rings is 1. The first-order valence-electron chi connectivity index (χ1n) is 10.1. The SMILES string of the molecule is C[Si](C)(C)CCOCn1cnc2cc(N3C(=O)CC3c3c(F)cc(Br)cc3F)ccc21. The largest absolute Gasteiger partial charge is 0.361 e. The first kappa shape index (κ1) is 22.1. The van der Waals surface area contributed by atoms with Gasteiger partial charge in [-0.2, -0.15) is 0 Å². The van der Waals surface area contributed by atoms with Gasteiger partial charge in [0.25, 0.3) is 0 Å². The van der Waals surface area contributed by atoms with Gasteiger partial charge in [0, 0.05) is 30.4 Å². The molecule has 0 spiro atoms. The summed E-state index contributed by atoms with van der Waals surface area (Å²) in [5.41, 5.74) is 2.05. The van der Waals surface area contributed by atoms with Gasteiger partial charge in [0.15, 0.2) is 0 Å². The number of anilines is 1. The van der Waals surface area contributed by atoms with Crippen LogP contribution in [0.1, 0.15) is 18.0 Å². The van der Waals surface area contributed by atoms with Gasteiger partial charge in [-0.3, -0.25) is 4.79 Å². The molecule has 3 aromatic rings. The molecule has 1 amide bonds. The molecule has 0 saturated carbocycles. The number of carbonyl (C=O) groups is 1. The van der Waals surface area contributed by atoms with Crippen molar-refractivity contribution in [1.82, 2.24) is 9.55 Å². The maximum Gasteiger partial charge on any atom is 0.230 e. The first-order chi connectivity index (χ1) is 14.6. The Morgan fingerprint density at radius 2 is 1.90 bits per heavy atom. The van der Waals surface area contributed by atoms with E-state index < -0.39 is 25.8 Å². The molecule has 164 valence electrons. The van der Waals surface area contributed by atoms with Crippen LogP contribution in [-0.2, 0) is 16.3 Å². The third-order valence-corrected chi connectivity index (χ3v) is 7.60. The molecule has 1 unspecified atom stereocenters. The van der Waals surface area contributed by atoms with E-state index in [1.807, 2.05) is 10.6 Å². The van der Waals surface area contributed by atoms with Crippen LogP contribution in [0.25, 0.3) is 11.0 Å². The Labute approximate surface area is 189 Å². The highest BCUT2D eigenvalue weighted by Gasteiger charge is 2.41. The third kappa shape index (κ3) is 4.58. The van der Waals surface area contributed by atoms with Crippen LogP contribution in [-0.4, -0.2) is 30.1 Å². The Hall–Kier alpha value is -2.10. The topological polar surface area (TPSA) is 47.4 Å². The molecule has 1 aliphatic heterocycles. The van der Waals surface area contributed by atoms with Gasteiger partial charge in [0.05, 0.1) is 29.8 Å². The van der Waals surface area contributed by atoms with Gasteiger partial charge >= 0.3 is 0 Å². The summed E-state index contributed by atoms with van der Waals surface area (Å²) in [6.45, 7) is 8.03. The number of fused-ring (bicyclic) bond motifs is 1. The van der Waals surface area contributed by atoms with Crippen molar-refractivity contribution >= 4 is 46.6 Å². The van der Waals surface area contributed by atoms with E-state index in [-0.39, 0.29) is 17.9 Å². The van der Waals surface area contributed by atoms with Crippen LogP contribution in [0, 0.1) is 11.6 Å². The molecule has 1 fully saturated rings. The Morgan fingerprint density at radius 3 is 2.55 bits per heavy atom. The normalized spacial score (nSPS) is 16.8. The molecular weight excluding hydrogens is 484 g/mol. The van der Waals surface area contributed by atoms with Crippen LogP contribution >= 0.6 is 15.9 Å². The molecule has 9 heteroatoms. The average molecular weight is 508 g/mol. The van der Waals surface area contributed by atoms with E-state index in [1.165, 1.54) is 17.0 Å². The first-order valence-corrected chi connectivity index (χ1v) is 14.6. The van der Waals surface area contributed by atoms with Crippen LogP contribution in [0.2, 0.25) is 25.7 Å². The van der Waals surface area contributed by atoms with Gasteiger partial charge in [-0.05, 0) is 36.4 Å². The quantitative estimate of drug-likeness (QED) is 0.228. The van der Waals surface area contributed by atoms with E-state index in [1.54, 1.807) is 18.5 Å². The van der Waals surface area contributed by atoms with Crippen LogP contribution in [0.4, 0.5) is 14.5 Å². The van der Waals surface area contributed by atoms with Gasteiger partial charge in [-0.1, -0.05) is 35.6 Å². The van der Waals surface area contributed by atoms with E-state index in [0.29, 0.717) is 29.0 Å². The second kappa shape index (κ2) is 8.44. The van der Waals surface area contributed by atoms with Crippen LogP contribution in [0.3, 0.4) is 0 Å². The Morgan fingerprint density at radius 1 is 1.19 bits per heavy atom. The minimum absolute atomic E-state index is 0.0624. The Balaban J connectivity index is 1.54. The van der Waals surface area contributed by atoms with Crippen LogP contribution < -0.4 is 4.90 Å². The van der Waals surface area contributed by atoms with Crippen molar-refractivity contribution < 1.29 is 18.3 Å². The van der Waals surface area contributed by atoms with E-state index in [0.717, 1.165) is 11.6 Å². The summed E-state index contributed by atoms with van der Waals surface area (Å²) in [7, 11) is -1.15. The van der Waals surface area contributed by atoms with Crippen molar-refractivity contribution in [2.45, 2.75) is 44.9 Å². The molecule has 1 saturated heterocycles. The number of carbonyl (C=O) groups excluding carboxylic acids is 1. The molecule has 2 heterocycles. The fourth-order valence-corrected chi connectivity index (χ4v) is 4.85. The number of imidazole rings is 1. The summed E-state index contributed by atoms with van der Waals surface area (Å²) in [5, 5.41) is 0. The number of aromatic nitrogens is 2. The number of halogens is 3. The Kier molecular flexibility index (Phi) is 6.02. The lowest BCUT2D eigenvalue weighted by Gasteiger charge is -2.41. The smallest absolute Gasteiger partial charge is 0.230 e. The second-order valence-corrected chi connectivity index (χ2v) is 15.5. The zero-order chi connectivity index (χ0) is 22.3. The lowest BCUT2D eigenvalue weighted by atomic mass is 9.92. The zero-order valence-electron chi connectivity index (χ0n) is 17.7. The summed E-state index contributed by atoms with van der Waals surface area (Å²) in [6, 6.07) is 8.25. The van der Waals surface area contributed by atoms with Crippen molar-refractivity contribution in [2.24, 2.45) is 0 Å². The number of hydrogen-bond donors (Lipinski definition) is 0. The van der Waals surface area contributed by atoms with Gasteiger partial charge in [-0.25, -0.2) is 13.8 Å². The van der Waals surface area contributed by atoms with Gasteiger partial charge in [0.2, 0.25) is 5.91 Å². The monoisotopic (exact) mass is 507 g/mol. The highest BCUT2D eigenvalue weighted by Crippen LogP contribution is 2.42. The van der Waals surface area contributed by atoms with Crippen LogP contribution in [0.5, 0.6) is 0 Å². The Bertz CT molecular complexity index is 1120. The predicted molar refractivity (Wildman–Crippen MR) is 123 cm³/mol. The number of hydrogen-bond acceptors (Lipinski definition) is 3. The molecule has 0 radical (unpaired) electrons. The molecule has 4 rings (SSSR count). The van der Waals surface area contributed by atoms with E-state index in [4.69, 9.17) is 4.74 Å². The molecule has 0 aliphatic carbocycles. The van der Waals surface area contributed by atoms with Crippen molar-refractivity contribution in [1.29, 1.82) is 0 Å². The maximum atomic E-state index is 14.4. The molecule has 0 N–H and O–H groups in total. The van der Waals surface area contributed by atoms with E-state index in [2.05, 4.69) is 40.6 Å². The molecule has 31 heavy (non-hydrogen) atoms. The lowest BCUT2D eigenvalue weighted by Crippen LogP contribution is -2.47. The highest BCUT2D eigenvalue weighted by atomic mass is 79.9. The van der Waals surface area contributed by atoms with Crippen molar-refractivity contribution in [2.75, 3.05) is 11.5 Å². The number of nitrogens with zero attached hydrogens (tertiary/aromatic N) is 3. The van der Waals surface area contributed by atoms with Crippen molar-refractivity contribution in [3.05, 3.63) is 58.3 Å². The summed E-state index contributed by atoms with van der Waals surface area (Å²) >= 11 is 3.09. The molecular formula is C22H24BrF2N3O2Si. The fraction of sp³-hybridized carbons (Fsp3) is 0.364. The van der Waals surface area contributed by atoms with Crippen LogP contribution in [0.15, 0.2) is 41.1 Å². The summed E-state index contributed by atoms with van der Waals surface area (Å²) in [4.78, 5) is 18.2. The molecule has 1 atom stereocenters. The second-order valence-electron chi connectivity index (χ2n) is 9.00. The van der Waals surface area contributed by atoms with Crippen molar-refractivity contribution in [3.8, 4) is 0 Å². The molecule has 1 aliphatic rings. The molecule has 5 nitrogen and oxygen atoms in total. The highest BCUT2D eigenvalue weighted by molar-refractivity contribution is 9.10. The predicted octanol–water partition coefficient (Wildman–Crippen LogP) is 5.87. The number of amides is 1. The standard InChI is InChI=1S/C22H24BrF2N3O2Si/c1-31(2,3)7-6-30-13-27-12-26-18-10-15(4-5-19(18)27)28-20(11-21(28)29)22-16(24)8-14(23)9-17(22)25/h4-5,8-10,12,20H,6-7,11,13H2,1-3H3. The number of benzene rings is 2. The zero-order valence-corrected chi connectivity index (χ0v) is 20.2. The number of ether oxygens (including phenoxy) is 1. The minimum Gasteiger partial charge on any atom is -0.361 e. The molecule has 0 bridgehead atoms. The van der Waals surface area contributed by atoms with Crippen molar-refractivity contribution in [3.63, 3.8) is 0 Å². The van der Waals surface area contributed by atoms with E-state index in [9.17, 15) is 13.6 Å². The van der Waals surface area contributed by atoms with E-state index >= 15 is 0 Å².